The minimum absolute atomic E-state index is 0.0164. The Hall–Kier alpha value is -5.76. The van der Waals surface area contributed by atoms with E-state index in [2.05, 4.69) is 33.5 Å². The molecule has 316 valence electrons. The van der Waals surface area contributed by atoms with E-state index in [1.165, 1.54) is 64.9 Å². The van der Waals surface area contributed by atoms with E-state index in [-0.39, 0.29) is 64.0 Å². The number of fused-ring (bicyclic) bond motifs is 1. The SMILES string of the molecule is O=C(CN1CCc2ccc(C(F)(F)F)cc21)N1CCN(c2ccc(S(=O)(=O)Nc3ncns3)cc2)C(=O)C1.O=C1CNCCN1c1ccc(S(=O)(=O)Nc2ncns2)cc1. The van der Waals surface area contributed by atoms with E-state index in [1.54, 1.807) is 21.9 Å². The van der Waals surface area contributed by atoms with Gasteiger partial charge in [0.25, 0.3) is 20.0 Å². The van der Waals surface area contributed by atoms with Gasteiger partial charge in [-0.3, -0.25) is 23.8 Å². The van der Waals surface area contributed by atoms with Crippen LogP contribution in [0.2, 0.25) is 0 Å². The lowest BCUT2D eigenvalue weighted by Crippen LogP contribution is -2.54. The van der Waals surface area contributed by atoms with Crippen LogP contribution in [0.15, 0.2) is 89.2 Å². The van der Waals surface area contributed by atoms with Gasteiger partial charge in [-0.05, 0) is 72.6 Å². The molecule has 5 aromatic rings. The van der Waals surface area contributed by atoms with Crippen molar-refractivity contribution in [3.8, 4) is 0 Å². The van der Waals surface area contributed by atoms with Crippen LogP contribution in [0.3, 0.4) is 0 Å². The fourth-order valence-electron chi connectivity index (χ4n) is 6.48. The second kappa shape index (κ2) is 17.5. The van der Waals surface area contributed by atoms with Crippen LogP contribution in [-0.2, 0) is 47.0 Å². The summed E-state index contributed by atoms with van der Waals surface area (Å²) in [6.45, 7) is 2.08. The van der Waals surface area contributed by atoms with Gasteiger partial charge >= 0.3 is 6.18 Å². The van der Waals surface area contributed by atoms with Crippen LogP contribution in [0, 0.1) is 0 Å². The number of alkyl halides is 3. The van der Waals surface area contributed by atoms with E-state index < -0.39 is 31.8 Å². The molecule has 2 fully saturated rings. The molecule has 18 nitrogen and oxygen atoms in total. The number of amides is 3. The number of halogens is 3. The quantitative estimate of drug-likeness (QED) is 0.184. The van der Waals surface area contributed by atoms with E-state index in [1.807, 2.05) is 0 Å². The van der Waals surface area contributed by atoms with Crippen molar-refractivity contribution in [2.75, 3.05) is 76.5 Å². The number of carbonyl (C=O) groups is 3. The van der Waals surface area contributed by atoms with Crippen molar-refractivity contribution < 1.29 is 44.4 Å². The standard InChI is InChI=1S/C23H21F3N6O4S2.C12H13N5O3S2/c24-23(25,26)16-2-1-15-7-8-30(19(15)11-16)12-20(33)31-9-10-32(21(34)13-31)17-3-5-18(6-4-17)38(35,36)29-22-27-14-28-37-22;18-11-7-13-5-6-17(11)9-1-3-10(4-2-9)22(19,20)16-12-14-8-15-21-12/h1-6,11,14H,7-10,12-13H2,(H,27,28,29);1-4,8,13H,5-7H2,(H,14,15,16). The molecule has 0 atom stereocenters. The van der Waals surface area contributed by atoms with Gasteiger partial charge < -0.3 is 24.9 Å². The summed E-state index contributed by atoms with van der Waals surface area (Å²) in [6, 6.07) is 15.5. The van der Waals surface area contributed by atoms with Gasteiger partial charge in [-0.25, -0.2) is 26.8 Å². The maximum atomic E-state index is 13.1. The van der Waals surface area contributed by atoms with Crippen LogP contribution in [0.5, 0.6) is 0 Å². The summed E-state index contributed by atoms with van der Waals surface area (Å²) in [6.07, 6.45) is -1.43. The Bertz CT molecular complexity index is 2570. The molecular formula is C35H34F3N11O7S4. The van der Waals surface area contributed by atoms with E-state index in [4.69, 9.17) is 0 Å². The number of carbonyl (C=O) groups excluding carboxylic acids is 3. The molecule has 2 aromatic heterocycles. The lowest BCUT2D eigenvalue weighted by Gasteiger charge is -2.35. The molecule has 2 saturated heterocycles. The molecule has 0 bridgehead atoms. The summed E-state index contributed by atoms with van der Waals surface area (Å²) in [5.74, 6) is -0.741. The molecule has 60 heavy (non-hydrogen) atoms. The topological polar surface area (TPSA) is 220 Å². The third kappa shape index (κ3) is 9.81. The molecular weight excluding hydrogens is 872 g/mol. The molecule has 8 rings (SSSR count). The minimum atomic E-state index is -4.48. The highest BCUT2D eigenvalue weighted by atomic mass is 32.2. The van der Waals surface area contributed by atoms with Gasteiger partial charge in [0.15, 0.2) is 0 Å². The molecule has 3 aliphatic heterocycles. The number of nitrogens with one attached hydrogen (secondary N) is 3. The normalized spacial score (nSPS) is 16.0. The number of sulfonamides is 2. The average Bonchev–Trinajstić information content (AvgIpc) is 4.02. The molecule has 25 heteroatoms. The van der Waals surface area contributed by atoms with Crippen LogP contribution >= 0.6 is 23.1 Å². The first kappa shape index (κ1) is 42.4. The zero-order chi connectivity index (χ0) is 42.7. The lowest BCUT2D eigenvalue weighted by molar-refractivity contribution is -0.137. The number of benzene rings is 3. The van der Waals surface area contributed by atoms with Crippen LogP contribution in [0.1, 0.15) is 11.1 Å². The summed E-state index contributed by atoms with van der Waals surface area (Å²) in [4.78, 5) is 51.3. The highest BCUT2D eigenvalue weighted by Gasteiger charge is 2.34. The van der Waals surface area contributed by atoms with Gasteiger partial charge in [0.2, 0.25) is 28.0 Å². The van der Waals surface area contributed by atoms with Gasteiger partial charge in [-0.1, -0.05) is 6.07 Å². The van der Waals surface area contributed by atoms with E-state index >= 15 is 0 Å². The Morgan fingerprint density at radius 2 is 1.32 bits per heavy atom. The van der Waals surface area contributed by atoms with Crippen LogP contribution in [0.25, 0.3) is 0 Å². The summed E-state index contributed by atoms with van der Waals surface area (Å²) < 4.78 is 101. The van der Waals surface area contributed by atoms with E-state index in [0.717, 1.165) is 40.8 Å². The number of piperazine rings is 2. The van der Waals surface area contributed by atoms with Crippen LogP contribution in [-0.4, -0.2) is 111 Å². The Balaban J connectivity index is 0.000000210. The molecule has 0 radical (unpaired) electrons. The van der Waals surface area contributed by atoms with Gasteiger partial charge in [0.1, 0.15) is 19.2 Å². The highest BCUT2D eigenvalue weighted by molar-refractivity contribution is 7.93. The second-order valence-corrected chi connectivity index (χ2v) is 18.2. The van der Waals surface area contributed by atoms with Crippen molar-refractivity contribution in [2.45, 2.75) is 22.4 Å². The van der Waals surface area contributed by atoms with Crippen molar-refractivity contribution in [3.05, 3.63) is 90.5 Å². The smallest absolute Gasteiger partial charge is 0.362 e. The highest BCUT2D eigenvalue weighted by Crippen LogP contribution is 2.36. The number of hydrogen-bond acceptors (Lipinski definition) is 15. The first-order chi connectivity index (χ1) is 28.6. The van der Waals surface area contributed by atoms with Gasteiger partial charge in [0.05, 0.1) is 28.4 Å². The van der Waals surface area contributed by atoms with Crippen LogP contribution in [0.4, 0.5) is 40.5 Å². The van der Waals surface area contributed by atoms with Crippen molar-refractivity contribution in [1.29, 1.82) is 0 Å². The van der Waals surface area contributed by atoms with Crippen molar-refractivity contribution in [1.82, 2.24) is 28.9 Å². The fourth-order valence-corrected chi connectivity index (χ4v) is 9.80. The zero-order valence-corrected chi connectivity index (χ0v) is 34.3. The lowest BCUT2D eigenvalue weighted by atomic mass is 10.1. The molecule has 3 aliphatic rings. The summed E-state index contributed by atoms with van der Waals surface area (Å²) in [7, 11) is -7.58. The van der Waals surface area contributed by atoms with Gasteiger partial charge in [-0.15, -0.1) is 0 Å². The number of rotatable bonds is 10. The van der Waals surface area contributed by atoms with Gasteiger partial charge in [0, 0.05) is 72.9 Å². The maximum Gasteiger partial charge on any atom is 0.416 e. The zero-order valence-electron chi connectivity index (χ0n) is 31.1. The molecule has 3 aromatic carbocycles. The monoisotopic (exact) mass is 905 g/mol. The first-order valence-electron chi connectivity index (χ1n) is 17.9. The Labute approximate surface area is 349 Å². The third-order valence-corrected chi connectivity index (χ3v) is 13.6. The van der Waals surface area contributed by atoms with Crippen molar-refractivity contribution in [2.24, 2.45) is 0 Å². The Kier molecular flexibility index (Phi) is 12.3. The van der Waals surface area contributed by atoms with E-state index in [9.17, 15) is 44.4 Å². The molecule has 3 amide bonds. The number of aromatic nitrogens is 4. The van der Waals surface area contributed by atoms with E-state index in [0.29, 0.717) is 49.7 Å². The number of hydrogen-bond donors (Lipinski definition) is 3. The molecule has 0 spiro atoms. The van der Waals surface area contributed by atoms with Crippen molar-refractivity contribution in [3.63, 3.8) is 0 Å². The largest absolute Gasteiger partial charge is 0.416 e. The first-order valence-corrected chi connectivity index (χ1v) is 22.4. The second-order valence-electron chi connectivity index (χ2n) is 13.3. The number of nitrogens with zero attached hydrogens (tertiary/aromatic N) is 8. The van der Waals surface area contributed by atoms with Crippen molar-refractivity contribution >= 4 is 88.2 Å². The molecule has 0 aliphatic carbocycles. The molecule has 0 unspecified atom stereocenters. The summed E-state index contributed by atoms with van der Waals surface area (Å²) >= 11 is 1.86. The van der Waals surface area contributed by atoms with Gasteiger partial charge in [-0.2, -0.15) is 21.9 Å². The fraction of sp³-hybridized carbons (Fsp3) is 0.286. The number of anilines is 5. The summed E-state index contributed by atoms with van der Waals surface area (Å²) in [5, 5.41) is 3.32. The average molecular weight is 906 g/mol. The molecule has 5 heterocycles. The Morgan fingerprint density at radius 3 is 1.82 bits per heavy atom. The maximum absolute atomic E-state index is 13.1. The van der Waals surface area contributed by atoms with Crippen LogP contribution < -0.4 is 29.5 Å². The predicted molar refractivity (Wildman–Crippen MR) is 216 cm³/mol. The third-order valence-electron chi connectivity index (χ3n) is 9.48. The summed E-state index contributed by atoms with van der Waals surface area (Å²) in [5.41, 5.74) is 1.52. The Morgan fingerprint density at radius 1 is 0.750 bits per heavy atom. The molecule has 3 N–H and O–H groups in total. The minimum Gasteiger partial charge on any atom is -0.362 e. The molecule has 0 saturated carbocycles. The predicted octanol–water partition coefficient (Wildman–Crippen LogP) is 2.87.